The number of aliphatic hydroxyl groups excluding tert-OH is 1. The first-order valence-electron chi connectivity index (χ1n) is 7.23. The van der Waals surface area contributed by atoms with Gasteiger partial charge in [-0.2, -0.15) is 0 Å². The second-order valence-corrected chi connectivity index (χ2v) is 5.30. The van der Waals surface area contributed by atoms with Gasteiger partial charge in [0.05, 0.1) is 18.7 Å². The first kappa shape index (κ1) is 14.9. The fourth-order valence-corrected chi connectivity index (χ4v) is 2.58. The van der Waals surface area contributed by atoms with Crippen molar-refractivity contribution in [3.63, 3.8) is 0 Å². The van der Waals surface area contributed by atoms with Crippen molar-refractivity contribution in [2.24, 2.45) is 0 Å². The van der Waals surface area contributed by atoms with Crippen LogP contribution in [0.5, 0.6) is 0 Å². The van der Waals surface area contributed by atoms with Crippen LogP contribution in [0.4, 0.5) is 0 Å². The lowest BCUT2D eigenvalue weighted by molar-refractivity contribution is -0.131. The SMILES string of the molecule is Cc1cccnc1CC(=O)N(CCO)CC1CCCN1. The number of carbonyl (C=O) groups is 1. The molecule has 110 valence electrons. The Labute approximate surface area is 120 Å². The summed E-state index contributed by atoms with van der Waals surface area (Å²) in [4.78, 5) is 18.4. The van der Waals surface area contributed by atoms with Gasteiger partial charge in [-0.3, -0.25) is 9.78 Å². The molecule has 0 aliphatic carbocycles. The van der Waals surface area contributed by atoms with Gasteiger partial charge in [0.15, 0.2) is 0 Å². The first-order chi connectivity index (χ1) is 9.70. The molecule has 1 aromatic heterocycles. The Kier molecular flexibility index (Phi) is 5.49. The van der Waals surface area contributed by atoms with E-state index in [1.165, 1.54) is 0 Å². The van der Waals surface area contributed by atoms with E-state index in [0.717, 1.165) is 30.6 Å². The topological polar surface area (TPSA) is 65.5 Å². The number of carbonyl (C=O) groups excluding carboxylic acids is 1. The summed E-state index contributed by atoms with van der Waals surface area (Å²) < 4.78 is 0. The summed E-state index contributed by atoms with van der Waals surface area (Å²) in [6.07, 6.45) is 4.27. The first-order valence-corrected chi connectivity index (χ1v) is 7.23. The average Bonchev–Trinajstić information content (AvgIpc) is 2.94. The molecular formula is C15H23N3O2. The van der Waals surface area contributed by atoms with Gasteiger partial charge in [-0.15, -0.1) is 0 Å². The molecule has 0 radical (unpaired) electrons. The zero-order valence-corrected chi connectivity index (χ0v) is 12.0. The fourth-order valence-electron chi connectivity index (χ4n) is 2.58. The van der Waals surface area contributed by atoms with Crippen LogP contribution in [-0.2, 0) is 11.2 Å². The Bertz CT molecular complexity index is 444. The molecule has 1 unspecified atom stereocenters. The highest BCUT2D eigenvalue weighted by atomic mass is 16.3. The Morgan fingerprint density at radius 2 is 2.45 bits per heavy atom. The van der Waals surface area contributed by atoms with Gasteiger partial charge in [0.2, 0.25) is 5.91 Å². The number of pyridine rings is 1. The summed E-state index contributed by atoms with van der Waals surface area (Å²) >= 11 is 0. The molecule has 0 spiro atoms. The molecule has 0 aromatic carbocycles. The molecule has 5 nitrogen and oxygen atoms in total. The second-order valence-electron chi connectivity index (χ2n) is 5.30. The van der Waals surface area contributed by atoms with Crippen LogP contribution in [-0.4, -0.2) is 53.2 Å². The van der Waals surface area contributed by atoms with Crippen LogP contribution in [0.15, 0.2) is 18.3 Å². The predicted octanol–water partition coefficient (Wildman–Crippen LogP) is 0.505. The third kappa shape index (κ3) is 4.02. The molecule has 1 amide bonds. The highest BCUT2D eigenvalue weighted by Crippen LogP contribution is 2.10. The van der Waals surface area contributed by atoms with E-state index in [-0.39, 0.29) is 12.5 Å². The summed E-state index contributed by atoms with van der Waals surface area (Å²) in [6.45, 7) is 4.05. The number of nitrogens with zero attached hydrogens (tertiary/aromatic N) is 2. The third-order valence-corrected chi connectivity index (χ3v) is 3.76. The van der Waals surface area contributed by atoms with Gasteiger partial charge in [-0.05, 0) is 37.9 Å². The zero-order valence-electron chi connectivity index (χ0n) is 12.0. The smallest absolute Gasteiger partial charge is 0.228 e. The van der Waals surface area contributed by atoms with Gasteiger partial charge in [-0.1, -0.05) is 6.07 Å². The molecule has 1 atom stereocenters. The van der Waals surface area contributed by atoms with Gasteiger partial charge in [0.1, 0.15) is 0 Å². The van der Waals surface area contributed by atoms with E-state index in [0.29, 0.717) is 25.6 Å². The molecule has 5 heteroatoms. The van der Waals surface area contributed by atoms with Crippen LogP contribution >= 0.6 is 0 Å². The van der Waals surface area contributed by atoms with Crippen molar-refractivity contribution >= 4 is 5.91 Å². The van der Waals surface area contributed by atoms with Gasteiger partial charge in [0, 0.05) is 25.3 Å². The molecule has 1 fully saturated rings. The van der Waals surface area contributed by atoms with E-state index in [1.54, 1.807) is 11.1 Å². The molecule has 20 heavy (non-hydrogen) atoms. The fraction of sp³-hybridized carbons (Fsp3) is 0.600. The van der Waals surface area contributed by atoms with E-state index < -0.39 is 0 Å². The van der Waals surface area contributed by atoms with Crippen molar-refractivity contribution in [2.75, 3.05) is 26.2 Å². The van der Waals surface area contributed by atoms with Crippen molar-refractivity contribution in [3.8, 4) is 0 Å². The number of hydrogen-bond acceptors (Lipinski definition) is 4. The van der Waals surface area contributed by atoms with E-state index in [9.17, 15) is 4.79 Å². The monoisotopic (exact) mass is 277 g/mol. The Morgan fingerprint density at radius 1 is 1.60 bits per heavy atom. The zero-order chi connectivity index (χ0) is 14.4. The summed E-state index contributed by atoms with van der Waals surface area (Å²) in [5.74, 6) is 0.0366. The van der Waals surface area contributed by atoms with Crippen LogP contribution in [0, 0.1) is 6.92 Å². The number of hydrogen-bond donors (Lipinski definition) is 2. The van der Waals surface area contributed by atoms with Gasteiger partial charge in [-0.25, -0.2) is 0 Å². The number of aryl methyl sites for hydroxylation is 1. The minimum Gasteiger partial charge on any atom is -0.395 e. The van der Waals surface area contributed by atoms with Crippen LogP contribution in [0.2, 0.25) is 0 Å². The molecule has 2 N–H and O–H groups in total. The molecule has 2 rings (SSSR count). The summed E-state index contributed by atoms with van der Waals surface area (Å²) in [5, 5.41) is 12.5. The van der Waals surface area contributed by atoms with Gasteiger partial charge < -0.3 is 15.3 Å². The molecule has 1 saturated heterocycles. The number of nitrogens with one attached hydrogen (secondary N) is 1. The molecular weight excluding hydrogens is 254 g/mol. The maximum absolute atomic E-state index is 12.4. The molecule has 1 aliphatic heterocycles. The number of rotatable bonds is 6. The molecule has 1 aromatic rings. The Morgan fingerprint density at radius 3 is 3.10 bits per heavy atom. The minimum absolute atomic E-state index is 0.000337. The standard InChI is InChI=1S/C15H23N3O2/c1-12-4-2-7-17-14(12)10-15(20)18(8-9-19)11-13-5-3-6-16-13/h2,4,7,13,16,19H,3,5-6,8-11H2,1H3. The van der Waals surface area contributed by atoms with E-state index in [4.69, 9.17) is 5.11 Å². The van der Waals surface area contributed by atoms with E-state index >= 15 is 0 Å². The van der Waals surface area contributed by atoms with Gasteiger partial charge >= 0.3 is 0 Å². The number of amides is 1. The maximum atomic E-state index is 12.4. The number of aromatic nitrogens is 1. The van der Waals surface area contributed by atoms with E-state index in [2.05, 4.69) is 10.3 Å². The average molecular weight is 277 g/mol. The van der Waals surface area contributed by atoms with Crippen molar-refractivity contribution in [2.45, 2.75) is 32.2 Å². The minimum atomic E-state index is -0.000337. The molecule has 0 bridgehead atoms. The summed E-state index contributed by atoms with van der Waals surface area (Å²) in [7, 11) is 0. The third-order valence-electron chi connectivity index (χ3n) is 3.76. The van der Waals surface area contributed by atoms with Crippen LogP contribution < -0.4 is 5.32 Å². The van der Waals surface area contributed by atoms with Crippen LogP contribution in [0.3, 0.4) is 0 Å². The van der Waals surface area contributed by atoms with Crippen LogP contribution in [0.1, 0.15) is 24.1 Å². The second kappa shape index (κ2) is 7.36. The van der Waals surface area contributed by atoms with E-state index in [1.807, 2.05) is 19.1 Å². The molecule has 2 heterocycles. The lowest BCUT2D eigenvalue weighted by Gasteiger charge is -2.25. The lowest BCUT2D eigenvalue weighted by atomic mass is 10.1. The molecule has 1 aliphatic rings. The van der Waals surface area contributed by atoms with Crippen molar-refractivity contribution < 1.29 is 9.90 Å². The quantitative estimate of drug-likeness (QED) is 0.795. The van der Waals surface area contributed by atoms with Gasteiger partial charge in [0.25, 0.3) is 0 Å². The lowest BCUT2D eigenvalue weighted by Crippen LogP contribution is -2.43. The van der Waals surface area contributed by atoms with Crippen molar-refractivity contribution in [1.29, 1.82) is 0 Å². The van der Waals surface area contributed by atoms with Crippen LogP contribution in [0.25, 0.3) is 0 Å². The highest BCUT2D eigenvalue weighted by molar-refractivity contribution is 5.78. The van der Waals surface area contributed by atoms with Crippen molar-refractivity contribution in [3.05, 3.63) is 29.6 Å². The highest BCUT2D eigenvalue weighted by Gasteiger charge is 2.21. The Balaban J connectivity index is 1.97. The summed E-state index contributed by atoms with van der Waals surface area (Å²) in [5.41, 5.74) is 1.85. The largest absolute Gasteiger partial charge is 0.395 e. The normalized spacial score (nSPS) is 18.2. The number of aliphatic hydroxyl groups is 1. The Hall–Kier alpha value is -1.46. The molecule has 0 saturated carbocycles. The van der Waals surface area contributed by atoms with Crippen molar-refractivity contribution in [1.82, 2.24) is 15.2 Å². The predicted molar refractivity (Wildman–Crippen MR) is 77.4 cm³/mol. The maximum Gasteiger partial charge on any atom is 0.228 e. The summed E-state index contributed by atoms with van der Waals surface area (Å²) in [6, 6.07) is 4.19.